The monoisotopic (exact) mass is 252 g/mol. The first-order valence-corrected chi connectivity index (χ1v) is 7.81. The minimum atomic E-state index is -1.96. The van der Waals surface area contributed by atoms with Crippen molar-refractivity contribution in [3.8, 4) is 0 Å². The molecule has 0 saturated carbocycles. The van der Waals surface area contributed by atoms with Crippen LogP contribution in [0, 0.1) is 0 Å². The molecule has 0 heterocycles. The smallest absolute Gasteiger partial charge is 0.303 e. The van der Waals surface area contributed by atoms with Gasteiger partial charge in [-0.25, -0.2) is 0 Å². The number of hydrogen-bond acceptors (Lipinski definition) is 1. The highest BCUT2D eigenvalue weighted by Crippen LogP contribution is 2.63. The van der Waals surface area contributed by atoms with Crippen molar-refractivity contribution in [2.45, 2.75) is 25.7 Å². The van der Waals surface area contributed by atoms with E-state index in [0.29, 0.717) is 12.2 Å². The predicted molar refractivity (Wildman–Crippen MR) is 56.1 cm³/mol. The highest BCUT2D eigenvalue weighted by Gasteiger charge is 2.11. The Bertz CT molecular complexity index is 146. The molecule has 0 amide bonds. The van der Waals surface area contributed by atoms with Gasteiger partial charge in [0.2, 0.25) is 0 Å². The molecule has 0 aromatic rings. The van der Waals surface area contributed by atoms with Crippen molar-refractivity contribution in [3.63, 3.8) is 0 Å². The van der Waals surface area contributed by atoms with E-state index in [1.807, 2.05) is 0 Å². The van der Waals surface area contributed by atoms with Gasteiger partial charge in [0, 0.05) is 12.2 Å². The van der Waals surface area contributed by atoms with E-state index >= 15 is 0 Å². The summed E-state index contributed by atoms with van der Waals surface area (Å²) in [6.45, 7) is 0. The number of carboxylic acids is 1. The van der Waals surface area contributed by atoms with Crippen LogP contribution in [-0.2, 0) is 4.79 Å². The number of halogens is 3. The average molecular weight is 254 g/mol. The second-order valence-corrected chi connectivity index (χ2v) is 9.99. The largest absolute Gasteiger partial charge is 0.481 e. The quantitative estimate of drug-likeness (QED) is 0.729. The van der Waals surface area contributed by atoms with Crippen molar-refractivity contribution in [1.29, 1.82) is 0 Å². The summed E-state index contributed by atoms with van der Waals surface area (Å²) in [6.07, 6.45) is 2.47. The van der Waals surface area contributed by atoms with Crippen LogP contribution in [0.2, 0.25) is 0 Å². The van der Waals surface area contributed by atoms with Gasteiger partial charge in [0.05, 0.1) is 0 Å². The highest BCUT2D eigenvalue weighted by molar-refractivity contribution is 8.79. The molecule has 1 N–H and O–H groups in total. The number of unbranched alkanes of at least 4 members (excludes halogenated alkanes) is 2. The number of aliphatic carboxylic acids is 1. The second kappa shape index (κ2) is 6.19. The van der Waals surface area contributed by atoms with Gasteiger partial charge >= 0.3 is 5.97 Å². The topological polar surface area (TPSA) is 37.3 Å². The molecule has 0 bridgehead atoms. The lowest BCUT2D eigenvalue weighted by Gasteiger charge is -2.13. The van der Waals surface area contributed by atoms with E-state index in [1.54, 1.807) is 0 Å². The van der Waals surface area contributed by atoms with Crippen molar-refractivity contribution < 1.29 is 9.90 Å². The van der Waals surface area contributed by atoms with Crippen LogP contribution in [0.25, 0.3) is 0 Å². The molecule has 0 fully saturated rings. The van der Waals surface area contributed by atoms with Crippen LogP contribution in [0.5, 0.6) is 0 Å². The van der Waals surface area contributed by atoms with E-state index in [1.165, 1.54) is 0 Å². The van der Waals surface area contributed by atoms with E-state index in [4.69, 9.17) is 37.2 Å². The summed E-state index contributed by atoms with van der Waals surface area (Å²) >= 11 is 0. The van der Waals surface area contributed by atoms with Crippen molar-refractivity contribution in [2.75, 3.05) is 5.75 Å². The zero-order valence-corrected chi connectivity index (χ0v) is 9.52. The Morgan fingerprint density at radius 3 is 2.17 bits per heavy atom. The van der Waals surface area contributed by atoms with E-state index in [9.17, 15) is 4.79 Å². The molecular weight excluding hydrogens is 242 g/mol. The van der Waals surface area contributed by atoms with Crippen molar-refractivity contribution in [3.05, 3.63) is 0 Å². The predicted octanol–water partition coefficient (Wildman–Crippen LogP) is 3.90. The van der Waals surface area contributed by atoms with Crippen LogP contribution in [-0.4, -0.2) is 16.8 Å². The molecule has 0 aliphatic rings. The Morgan fingerprint density at radius 1 is 1.17 bits per heavy atom. The molecular formula is C6H11Cl3O2S. The van der Waals surface area contributed by atoms with E-state index < -0.39 is 13.6 Å². The lowest BCUT2D eigenvalue weighted by molar-refractivity contribution is -0.137. The summed E-state index contributed by atoms with van der Waals surface area (Å²) in [5, 5.41) is 8.30. The summed E-state index contributed by atoms with van der Waals surface area (Å²) in [6, 6.07) is 0. The van der Waals surface area contributed by atoms with Crippen LogP contribution in [0.15, 0.2) is 0 Å². The third kappa shape index (κ3) is 10.7. The molecule has 0 aliphatic carbocycles. The molecule has 12 heavy (non-hydrogen) atoms. The van der Waals surface area contributed by atoms with Crippen LogP contribution in [0.3, 0.4) is 0 Å². The van der Waals surface area contributed by atoms with E-state index in [0.717, 1.165) is 12.8 Å². The minimum absolute atomic E-state index is 0.204. The molecule has 0 radical (unpaired) electrons. The van der Waals surface area contributed by atoms with Crippen LogP contribution < -0.4 is 0 Å². The molecule has 0 spiro atoms. The van der Waals surface area contributed by atoms with Crippen LogP contribution >= 0.6 is 39.7 Å². The van der Waals surface area contributed by atoms with Gasteiger partial charge in [-0.2, -0.15) is 0 Å². The van der Waals surface area contributed by atoms with E-state index in [2.05, 4.69) is 0 Å². The van der Waals surface area contributed by atoms with Crippen LogP contribution in [0.1, 0.15) is 25.7 Å². The van der Waals surface area contributed by atoms with Gasteiger partial charge in [0.15, 0.2) is 0 Å². The summed E-state index contributed by atoms with van der Waals surface area (Å²) < 4.78 is 0. The fraction of sp³-hybridized carbons (Fsp3) is 0.833. The van der Waals surface area contributed by atoms with Gasteiger partial charge in [-0.1, -0.05) is 6.42 Å². The molecule has 0 saturated heterocycles. The van der Waals surface area contributed by atoms with Gasteiger partial charge < -0.3 is 5.11 Å². The summed E-state index contributed by atoms with van der Waals surface area (Å²) in [5.74, 6) is -0.201. The molecule has 0 unspecified atom stereocenters. The zero-order valence-electron chi connectivity index (χ0n) is 6.43. The Labute approximate surface area is 87.0 Å². The number of rotatable bonds is 6. The number of carbonyl (C=O) groups is 1. The Morgan fingerprint density at radius 2 is 1.75 bits per heavy atom. The lowest BCUT2D eigenvalue weighted by Crippen LogP contribution is -1.94. The third-order valence-electron chi connectivity index (χ3n) is 1.27. The molecule has 0 aromatic carbocycles. The standard InChI is InChI=1S/C6H11Cl3O2S/c7-12(8,9)5-3-1-2-4-6(10)11/h1-5H2,(H,10,11). The van der Waals surface area contributed by atoms with Crippen molar-refractivity contribution in [2.24, 2.45) is 0 Å². The summed E-state index contributed by atoms with van der Waals surface area (Å²) in [5.41, 5.74) is 0. The normalized spacial score (nSPS) is 12.9. The maximum atomic E-state index is 10.1. The molecule has 74 valence electrons. The maximum Gasteiger partial charge on any atom is 0.303 e. The fourth-order valence-corrected chi connectivity index (χ4v) is 2.23. The molecule has 0 rings (SSSR count). The third-order valence-corrected chi connectivity index (χ3v) is 3.41. The first-order chi connectivity index (χ1) is 5.42. The number of hydrogen-bond donors (Lipinski definition) is 1. The number of carboxylic acid groups (broad SMARTS) is 1. The van der Waals surface area contributed by atoms with Gasteiger partial charge in [-0.3, -0.25) is 4.79 Å². The molecule has 0 aliphatic heterocycles. The minimum Gasteiger partial charge on any atom is -0.481 e. The maximum absolute atomic E-state index is 10.1. The van der Waals surface area contributed by atoms with E-state index in [-0.39, 0.29) is 6.42 Å². The summed E-state index contributed by atoms with van der Waals surface area (Å²) in [7, 11) is 14.8. The molecule has 6 heteroatoms. The van der Waals surface area contributed by atoms with Gasteiger partial charge in [-0.05, 0) is 52.6 Å². The molecule has 2 nitrogen and oxygen atoms in total. The Kier molecular flexibility index (Phi) is 6.55. The average Bonchev–Trinajstić information content (AvgIpc) is 1.83. The first-order valence-electron chi connectivity index (χ1n) is 3.53. The van der Waals surface area contributed by atoms with Gasteiger partial charge in [0.1, 0.15) is 0 Å². The fourth-order valence-electron chi connectivity index (χ4n) is 0.719. The SMILES string of the molecule is O=C(O)CCCCCS(Cl)(Cl)Cl. The Balaban J connectivity index is 3.17. The van der Waals surface area contributed by atoms with Crippen molar-refractivity contribution in [1.82, 2.24) is 0 Å². The molecule has 0 atom stereocenters. The second-order valence-electron chi connectivity index (χ2n) is 2.41. The Hall–Kier alpha value is 0.690. The zero-order chi connectivity index (χ0) is 9.61. The van der Waals surface area contributed by atoms with Gasteiger partial charge in [-0.15, -0.1) is 0 Å². The lowest BCUT2D eigenvalue weighted by atomic mass is 10.2. The van der Waals surface area contributed by atoms with Crippen molar-refractivity contribution >= 4 is 45.7 Å². The summed E-state index contributed by atoms with van der Waals surface area (Å²) in [4.78, 5) is 10.1. The van der Waals surface area contributed by atoms with Gasteiger partial charge in [0.25, 0.3) is 0 Å². The first kappa shape index (κ1) is 12.7. The van der Waals surface area contributed by atoms with Crippen LogP contribution in [0.4, 0.5) is 0 Å². The highest BCUT2D eigenvalue weighted by atomic mass is 36.2. The molecule has 0 aromatic heterocycles.